The number of nitrogens with zero attached hydrogens (tertiary/aromatic N) is 4. The van der Waals surface area contributed by atoms with Gasteiger partial charge in [-0.15, -0.1) is 0 Å². The van der Waals surface area contributed by atoms with Crippen molar-refractivity contribution in [3.05, 3.63) is 35.8 Å². The van der Waals surface area contributed by atoms with Crippen molar-refractivity contribution in [3.8, 4) is 11.9 Å². The van der Waals surface area contributed by atoms with Gasteiger partial charge in [-0.3, -0.25) is 4.79 Å². The Hall–Kier alpha value is -2.57. The van der Waals surface area contributed by atoms with Crippen LogP contribution in [-0.2, 0) is 6.54 Å². The van der Waals surface area contributed by atoms with Crippen LogP contribution in [0.25, 0.3) is 0 Å². The van der Waals surface area contributed by atoms with Gasteiger partial charge in [-0.1, -0.05) is 6.92 Å². The summed E-state index contributed by atoms with van der Waals surface area (Å²) in [6, 6.07) is 5.79. The molecule has 0 saturated carbocycles. The first-order valence-corrected chi connectivity index (χ1v) is 7.61. The van der Waals surface area contributed by atoms with Crippen LogP contribution in [0.3, 0.4) is 0 Å². The van der Waals surface area contributed by atoms with Crippen molar-refractivity contribution >= 4 is 5.91 Å². The number of methoxy groups -OCH3 is 2. The number of rotatable bonds is 4. The third-order valence-corrected chi connectivity index (χ3v) is 4.10. The molecule has 0 bridgehead atoms. The largest absolute Gasteiger partial charge is 0.481 e. The Balaban J connectivity index is 1.94. The van der Waals surface area contributed by atoms with Gasteiger partial charge in [0.25, 0.3) is 5.91 Å². The minimum absolute atomic E-state index is 0.0400. The second-order valence-corrected chi connectivity index (χ2v) is 5.33. The summed E-state index contributed by atoms with van der Waals surface area (Å²) in [7, 11) is 2.96. The summed E-state index contributed by atoms with van der Waals surface area (Å²) in [5.74, 6) is 0.178. The molecule has 0 aliphatic carbocycles. The van der Waals surface area contributed by atoms with E-state index in [0.717, 1.165) is 18.7 Å². The molecular formula is C16H20N4O3. The molecule has 0 N–H and O–H groups in total. The molecule has 1 aliphatic heterocycles. The lowest BCUT2D eigenvalue weighted by atomic mass is 10.1. The molecule has 0 fully saturated rings. The smallest absolute Gasteiger partial charge is 0.320 e. The average molecular weight is 316 g/mol. The zero-order valence-corrected chi connectivity index (χ0v) is 13.5. The Bertz CT molecular complexity index is 691. The lowest BCUT2D eigenvalue weighted by Gasteiger charge is -2.36. The van der Waals surface area contributed by atoms with Crippen LogP contribution in [0.2, 0.25) is 0 Å². The van der Waals surface area contributed by atoms with Crippen molar-refractivity contribution in [3.63, 3.8) is 0 Å². The summed E-state index contributed by atoms with van der Waals surface area (Å²) in [5.41, 5.74) is 1.44. The highest BCUT2D eigenvalue weighted by atomic mass is 16.5. The number of aromatic nitrogens is 3. The molecule has 2 aromatic rings. The number of fused-ring (bicyclic) bond motifs is 1. The highest BCUT2D eigenvalue weighted by Gasteiger charge is 2.31. The maximum atomic E-state index is 13.0. The van der Waals surface area contributed by atoms with E-state index in [1.165, 1.54) is 14.2 Å². The summed E-state index contributed by atoms with van der Waals surface area (Å²) in [6.45, 7) is 3.51. The van der Waals surface area contributed by atoms with Crippen molar-refractivity contribution in [2.45, 2.75) is 25.9 Å². The van der Waals surface area contributed by atoms with E-state index in [9.17, 15) is 4.79 Å². The normalized spacial score (nSPS) is 16.8. The number of amides is 1. The Morgan fingerprint density at radius 2 is 2.13 bits per heavy atom. The van der Waals surface area contributed by atoms with Crippen molar-refractivity contribution in [2.75, 3.05) is 20.8 Å². The second kappa shape index (κ2) is 6.28. The van der Waals surface area contributed by atoms with E-state index in [1.54, 1.807) is 6.07 Å². The maximum absolute atomic E-state index is 13.0. The standard InChI is InChI=1S/C16H20N4O3/c1-4-12-13-6-5-7-19(13)8-9-20(12)15(21)11-10-14(22-2)18-16(17-11)23-3/h5-7,10,12H,4,8-9H2,1-3H3/t12-/m0/s1. The molecule has 122 valence electrons. The molecule has 7 heteroatoms. The van der Waals surface area contributed by atoms with Crippen molar-refractivity contribution in [2.24, 2.45) is 0 Å². The van der Waals surface area contributed by atoms with E-state index in [-0.39, 0.29) is 23.7 Å². The first-order valence-electron chi connectivity index (χ1n) is 7.61. The molecule has 3 heterocycles. The third kappa shape index (κ3) is 2.74. The fraction of sp³-hybridized carbons (Fsp3) is 0.438. The second-order valence-electron chi connectivity index (χ2n) is 5.33. The predicted molar refractivity (Wildman–Crippen MR) is 83.6 cm³/mol. The Morgan fingerprint density at radius 1 is 1.30 bits per heavy atom. The third-order valence-electron chi connectivity index (χ3n) is 4.10. The fourth-order valence-corrected chi connectivity index (χ4v) is 2.99. The Morgan fingerprint density at radius 3 is 2.83 bits per heavy atom. The van der Waals surface area contributed by atoms with Crippen LogP contribution in [0.15, 0.2) is 24.4 Å². The minimum atomic E-state index is -0.136. The highest BCUT2D eigenvalue weighted by molar-refractivity contribution is 5.93. The van der Waals surface area contributed by atoms with Gasteiger partial charge in [0.2, 0.25) is 5.88 Å². The van der Waals surface area contributed by atoms with Crippen LogP contribution in [-0.4, -0.2) is 46.1 Å². The monoisotopic (exact) mass is 316 g/mol. The molecule has 0 saturated heterocycles. The van der Waals surface area contributed by atoms with Gasteiger partial charge in [0.15, 0.2) is 0 Å². The van der Waals surface area contributed by atoms with Crippen molar-refractivity contribution in [1.29, 1.82) is 0 Å². The molecule has 0 unspecified atom stereocenters. The molecule has 0 spiro atoms. The van der Waals surface area contributed by atoms with Gasteiger partial charge < -0.3 is 18.9 Å². The molecule has 3 rings (SSSR count). The van der Waals surface area contributed by atoms with Crippen LogP contribution >= 0.6 is 0 Å². The quantitative estimate of drug-likeness (QED) is 0.861. The average Bonchev–Trinajstić information content (AvgIpc) is 3.08. The van der Waals surface area contributed by atoms with Crippen LogP contribution < -0.4 is 9.47 Å². The summed E-state index contributed by atoms with van der Waals surface area (Å²) in [6.07, 6.45) is 2.89. The molecule has 0 aromatic carbocycles. The maximum Gasteiger partial charge on any atom is 0.320 e. The molecule has 1 aliphatic rings. The summed E-state index contributed by atoms with van der Waals surface area (Å²) < 4.78 is 12.4. The number of hydrogen-bond donors (Lipinski definition) is 0. The van der Waals surface area contributed by atoms with Crippen LogP contribution in [0, 0.1) is 0 Å². The van der Waals surface area contributed by atoms with E-state index in [1.807, 2.05) is 11.0 Å². The molecule has 1 atom stereocenters. The van der Waals surface area contributed by atoms with Gasteiger partial charge in [0.1, 0.15) is 5.69 Å². The predicted octanol–water partition coefficient (Wildman–Crippen LogP) is 1.90. The Kier molecular flexibility index (Phi) is 4.18. The van der Waals surface area contributed by atoms with Gasteiger partial charge >= 0.3 is 6.01 Å². The van der Waals surface area contributed by atoms with Crippen LogP contribution in [0.4, 0.5) is 0 Å². The van der Waals surface area contributed by atoms with E-state index >= 15 is 0 Å². The summed E-state index contributed by atoms with van der Waals surface area (Å²) >= 11 is 0. The van der Waals surface area contributed by atoms with E-state index in [2.05, 4.69) is 33.7 Å². The minimum Gasteiger partial charge on any atom is -0.481 e. The summed E-state index contributed by atoms with van der Waals surface area (Å²) in [4.78, 5) is 23.0. The van der Waals surface area contributed by atoms with E-state index in [4.69, 9.17) is 9.47 Å². The van der Waals surface area contributed by atoms with E-state index < -0.39 is 0 Å². The molecule has 2 aromatic heterocycles. The van der Waals surface area contributed by atoms with Gasteiger partial charge in [-0.05, 0) is 18.6 Å². The number of carbonyl (C=O) groups is 1. The lowest BCUT2D eigenvalue weighted by Crippen LogP contribution is -2.42. The fourth-order valence-electron chi connectivity index (χ4n) is 2.99. The number of carbonyl (C=O) groups excluding carboxylic acids is 1. The molecular weight excluding hydrogens is 296 g/mol. The van der Waals surface area contributed by atoms with Gasteiger partial charge in [-0.25, -0.2) is 0 Å². The Labute approximate surface area is 134 Å². The first kappa shape index (κ1) is 15.3. The molecule has 23 heavy (non-hydrogen) atoms. The van der Waals surface area contributed by atoms with Gasteiger partial charge in [-0.2, -0.15) is 9.97 Å². The zero-order chi connectivity index (χ0) is 16.4. The lowest BCUT2D eigenvalue weighted by molar-refractivity contribution is 0.0610. The van der Waals surface area contributed by atoms with Gasteiger partial charge in [0.05, 0.1) is 20.3 Å². The van der Waals surface area contributed by atoms with Crippen molar-refractivity contribution < 1.29 is 14.3 Å². The molecule has 7 nitrogen and oxygen atoms in total. The first-order chi connectivity index (χ1) is 11.2. The molecule has 0 radical (unpaired) electrons. The number of hydrogen-bond acceptors (Lipinski definition) is 5. The highest BCUT2D eigenvalue weighted by Crippen LogP contribution is 2.30. The summed E-state index contributed by atoms with van der Waals surface area (Å²) in [5, 5.41) is 0. The van der Waals surface area contributed by atoms with E-state index in [0.29, 0.717) is 12.4 Å². The molecule has 1 amide bonds. The zero-order valence-electron chi connectivity index (χ0n) is 13.5. The topological polar surface area (TPSA) is 69.5 Å². The van der Waals surface area contributed by atoms with Gasteiger partial charge in [0, 0.05) is 31.0 Å². The van der Waals surface area contributed by atoms with Crippen molar-refractivity contribution in [1.82, 2.24) is 19.4 Å². The SMILES string of the molecule is CC[C@H]1c2cccn2CCN1C(=O)c1cc(OC)nc(OC)n1. The van der Waals surface area contributed by atoms with Crippen LogP contribution in [0.5, 0.6) is 11.9 Å². The number of ether oxygens (including phenoxy) is 2. The van der Waals surface area contributed by atoms with Crippen LogP contribution in [0.1, 0.15) is 35.6 Å².